The van der Waals surface area contributed by atoms with E-state index in [0.717, 1.165) is 11.6 Å². The SMILES string of the molecule is O=C(NCC(=O)N1CCOC(c2ccccc2)C1)c1ccc(Cl)c([N+](=O)[O-])c1. The minimum absolute atomic E-state index is 0.0575. The summed E-state index contributed by atoms with van der Waals surface area (Å²) in [5, 5.41) is 13.4. The largest absolute Gasteiger partial charge is 0.370 e. The fourth-order valence-corrected chi connectivity index (χ4v) is 3.10. The highest BCUT2D eigenvalue weighted by Gasteiger charge is 2.25. The number of hydrogen-bond donors (Lipinski definition) is 1. The van der Waals surface area contributed by atoms with Gasteiger partial charge in [-0.25, -0.2) is 0 Å². The lowest BCUT2D eigenvalue weighted by Crippen LogP contribution is -2.46. The van der Waals surface area contributed by atoms with Crippen LogP contribution in [0.25, 0.3) is 0 Å². The van der Waals surface area contributed by atoms with Crippen LogP contribution in [0.1, 0.15) is 22.0 Å². The van der Waals surface area contributed by atoms with E-state index in [2.05, 4.69) is 5.32 Å². The molecule has 0 aliphatic carbocycles. The van der Waals surface area contributed by atoms with Gasteiger partial charge in [-0.3, -0.25) is 19.7 Å². The van der Waals surface area contributed by atoms with Crippen LogP contribution in [0.5, 0.6) is 0 Å². The zero-order chi connectivity index (χ0) is 20.1. The molecular formula is C19H18ClN3O5. The molecule has 1 atom stereocenters. The van der Waals surface area contributed by atoms with Crippen molar-refractivity contribution in [2.45, 2.75) is 6.10 Å². The van der Waals surface area contributed by atoms with E-state index in [0.29, 0.717) is 19.7 Å². The van der Waals surface area contributed by atoms with Crippen molar-refractivity contribution in [3.63, 3.8) is 0 Å². The first kappa shape index (κ1) is 19.8. The van der Waals surface area contributed by atoms with Crippen molar-refractivity contribution >= 4 is 29.1 Å². The van der Waals surface area contributed by atoms with Gasteiger partial charge in [0.15, 0.2) is 0 Å². The van der Waals surface area contributed by atoms with Gasteiger partial charge in [0.05, 0.1) is 24.6 Å². The topological polar surface area (TPSA) is 102 Å². The lowest BCUT2D eigenvalue weighted by molar-refractivity contribution is -0.384. The van der Waals surface area contributed by atoms with Gasteiger partial charge in [-0.15, -0.1) is 0 Å². The number of carbonyl (C=O) groups is 2. The van der Waals surface area contributed by atoms with E-state index in [-0.39, 0.29) is 34.8 Å². The molecule has 3 rings (SSSR count). The molecule has 1 unspecified atom stereocenters. The number of hydrogen-bond acceptors (Lipinski definition) is 5. The van der Waals surface area contributed by atoms with Crippen molar-refractivity contribution in [3.8, 4) is 0 Å². The number of nitrogens with one attached hydrogen (secondary N) is 1. The van der Waals surface area contributed by atoms with Gasteiger partial charge in [0, 0.05) is 18.2 Å². The number of nitro groups is 1. The molecule has 0 aromatic heterocycles. The van der Waals surface area contributed by atoms with Crippen LogP contribution in [0.3, 0.4) is 0 Å². The molecule has 9 heteroatoms. The summed E-state index contributed by atoms with van der Waals surface area (Å²) in [4.78, 5) is 36.6. The van der Waals surface area contributed by atoms with Gasteiger partial charge in [-0.05, 0) is 17.7 Å². The number of nitro benzene ring substituents is 1. The van der Waals surface area contributed by atoms with E-state index in [4.69, 9.17) is 16.3 Å². The maximum absolute atomic E-state index is 12.5. The van der Waals surface area contributed by atoms with Crippen LogP contribution in [0, 0.1) is 10.1 Å². The summed E-state index contributed by atoms with van der Waals surface area (Å²) in [5.41, 5.74) is 0.685. The molecule has 2 aromatic rings. The number of amides is 2. The molecule has 2 amide bonds. The van der Waals surface area contributed by atoms with Crippen LogP contribution < -0.4 is 5.32 Å². The minimum atomic E-state index is -0.665. The standard InChI is InChI=1S/C19H18ClN3O5/c20-15-7-6-14(10-16(15)23(26)27)19(25)21-11-18(24)22-8-9-28-17(12-22)13-4-2-1-3-5-13/h1-7,10,17H,8-9,11-12H2,(H,21,25). The summed E-state index contributed by atoms with van der Waals surface area (Å²) in [5.74, 6) is -0.831. The van der Waals surface area contributed by atoms with Crippen molar-refractivity contribution in [2.75, 3.05) is 26.2 Å². The molecule has 8 nitrogen and oxygen atoms in total. The minimum Gasteiger partial charge on any atom is -0.370 e. The summed E-state index contributed by atoms with van der Waals surface area (Å²) < 4.78 is 5.73. The number of benzene rings is 2. The monoisotopic (exact) mass is 403 g/mol. The zero-order valence-electron chi connectivity index (χ0n) is 14.8. The van der Waals surface area contributed by atoms with E-state index in [1.54, 1.807) is 4.90 Å². The molecule has 0 spiro atoms. The number of morpholine rings is 1. The Morgan fingerprint density at radius 1 is 1.25 bits per heavy atom. The van der Waals surface area contributed by atoms with Gasteiger partial charge < -0.3 is 15.0 Å². The van der Waals surface area contributed by atoms with Crippen molar-refractivity contribution in [2.24, 2.45) is 0 Å². The number of ether oxygens (including phenoxy) is 1. The van der Waals surface area contributed by atoms with Gasteiger partial charge in [-0.2, -0.15) is 0 Å². The quantitative estimate of drug-likeness (QED) is 0.610. The molecule has 1 aliphatic rings. The Bertz CT molecular complexity index is 890. The second-order valence-electron chi connectivity index (χ2n) is 6.22. The average molecular weight is 404 g/mol. The first-order valence-electron chi connectivity index (χ1n) is 8.62. The normalized spacial score (nSPS) is 16.5. The van der Waals surface area contributed by atoms with E-state index in [1.807, 2.05) is 30.3 Å². The van der Waals surface area contributed by atoms with Crippen LogP contribution >= 0.6 is 11.6 Å². The molecule has 1 fully saturated rings. The van der Waals surface area contributed by atoms with Gasteiger partial charge in [0.2, 0.25) is 5.91 Å². The number of nitrogens with zero attached hydrogens (tertiary/aromatic N) is 2. The molecule has 1 saturated heterocycles. The molecule has 0 radical (unpaired) electrons. The summed E-state index contributed by atoms with van der Waals surface area (Å²) in [7, 11) is 0. The molecule has 0 saturated carbocycles. The Hall–Kier alpha value is -2.97. The third-order valence-corrected chi connectivity index (χ3v) is 4.72. The number of halogens is 1. The lowest BCUT2D eigenvalue weighted by atomic mass is 10.1. The number of carbonyl (C=O) groups excluding carboxylic acids is 2. The Labute approximate surface area is 166 Å². The van der Waals surface area contributed by atoms with E-state index >= 15 is 0 Å². The Balaban J connectivity index is 1.58. The first-order chi connectivity index (χ1) is 13.5. The molecule has 0 bridgehead atoms. The predicted octanol–water partition coefficient (Wildman–Crippen LogP) is 2.58. The number of rotatable bonds is 5. The molecular weight excluding hydrogens is 386 g/mol. The van der Waals surface area contributed by atoms with Gasteiger partial charge in [-0.1, -0.05) is 41.9 Å². The molecule has 1 N–H and O–H groups in total. The maximum Gasteiger partial charge on any atom is 0.288 e. The first-order valence-corrected chi connectivity index (χ1v) is 9.00. The smallest absolute Gasteiger partial charge is 0.288 e. The average Bonchev–Trinajstić information content (AvgIpc) is 2.72. The van der Waals surface area contributed by atoms with Gasteiger partial charge >= 0.3 is 0 Å². The highest BCUT2D eigenvalue weighted by molar-refractivity contribution is 6.32. The Kier molecular flexibility index (Phi) is 6.23. The predicted molar refractivity (Wildman–Crippen MR) is 102 cm³/mol. The second kappa shape index (κ2) is 8.81. The van der Waals surface area contributed by atoms with Crippen LogP contribution in [0.4, 0.5) is 5.69 Å². The van der Waals surface area contributed by atoms with Crippen molar-refractivity contribution in [1.29, 1.82) is 0 Å². The maximum atomic E-state index is 12.5. The van der Waals surface area contributed by atoms with Crippen LogP contribution in [0.2, 0.25) is 5.02 Å². The van der Waals surface area contributed by atoms with E-state index in [9.17, 15) is 19.7 Å². The lowest BCUT2D eigenvalue weighted by Gasteiger charge is -2.33. The third-order valence-electron chi connectivity index (χ3n) is 4.40. The summed E-state index contributed by atoms with van der Waals surface area (Å²) in [6, 6.07) is 13.3. The van der Waals surface area contributed by atoms with Crippen LogP contribution in [0.15, 0.2) is 48.5 Å². The zero-order valence-corrected chi connectivity index (χ0v) is 15.6. The highest BCUT2D eigenvalue weighted by Crippen LogP contribution is 2.25. The second-order valence-corrected chi connectivity index (χ2v) is 6.62. The molecule has 1 aliphatic heterocycles. The fraction of sp³-hybridized carbons (Fsp3) is 0.263. The molecule has 1 heterocycles. The Morgan fingerprint density at radius 3 is 2.71 bits per heavy atom. The van der Waals surface area contributed by atoms with E-state index in [1.165, 1.54) is 12.1 Å². The van der Waals surface area contributed by atoms with Crippen LogP contribution in [-0.2, 0) is 9.53 Å². The molecule has 146 valence electrons. The Morgan fingerprint density at radius 2 is 2.00 bits per heavy atom. The van der Waals surface area contributed by atoms with Crippen molar-refractivity contribution < 1.29 is 19.2 Å². The summed E-state index contributed by atoms with van der Waals surface area (Å²) in [6.45, 7) is 1.02. The highest BCUT2D eigenvalue weighted by atomic mass is 35.5. The van der Waals surface area contributed by atoms with Crippen LogP contribution in [-0.4, -0.2) is 47.9 Å². The van der Waals surface area contributed by atoms with Gasteiger partial charge in [0.25, 0.3) is 11.6 Å². The summed E-state index contributed by atoms with van der Waals surface area (Å²) >= 11 is 5.74. The summed E-state index contributed by atoms with van der Waals surface area (Å²) in [6.07, 6.45) is -0.214. The fourth-order valence-electron chi connectivity index (χ4n) is 2.91. The van der Waals surface area contributed by atoms with Crippen molar-refractivity contribution in [3.05, 3.63) is 74.8 Å². The third kappa shape index (κ3) is 4.65. The van der Waals surface area contributed by atoms with Crippen molar-refractivity contribution in [1.82, 2.24) is 10.2 Å². The molecule has 2 aromatic carbocycles. The van der Waals surface area contributed by atoms with E-state index < -0.39 is 10.8 Å². The van der Waals surface area contributed by atoms with Gasteiger partial charge in [0.1, 0.15) is 11.1 Å². The molecule has 28 heavy (non-hydrogen) atoms.